The Morgan fingerprint density at radius 2 is 1.74 bits per heavy atom. The number of amides is 2. The van der Waals surface area contributed by atoms with Crippen LogP contribution in [0.3, 0.4) is 0 Å². The maximum absolute atomic E-state index is 13.3. The minimum Gasteiger partial charge on any atom is -0.444 e. The van der Waals surface area contributed by atoms with Crippen LogP contribution in [-0.2, 0) is 4.74 Å². The number of nitrogens with zero attached hydrogens (tertiary/aromatic N) is 6. The van der Waals surface area contributed by atoms with Gasteiger partial charge in [-0.05, 0) is 65.0 Å². The summed E-state index contributed by atoms with van der Waals surface area (Å²) in [5.41, 5.74) is -0.226. The molecule has 31 heavy (non-hydrogen) atoms. The number of piperidine rings is 1. The van der Waals surface area contributed by atoms with E-state index in [0.717, 1.165) is 32.1 Å². The number of hydrogen-bond donors (Lipinski definition) is 0. The van der Waals surface area contributed by atoms with Crippen LogP contribution in [0.25, 0.3) is 5.82 Å². The lowest BCUT2D eigenvalue weighted by molar-refractivity contribution is 0.00753. The molecule has 2 aliphatic rings. The third-order valence-corrected chi connectivity index (χ3v) is 5.82. The first-order chi connectivity index (χ1) is 14.8. The topological polar surface area (TPSA) is 93.5 Å². The van der Waals surface area contributed by atoms with Gasteiger partial charge in [-0.15, -0.1) is 10.2 Å². The summed E-state index contributed by atoms with van der Waals surface area (Å²) in [6, 6.07) is 3.41. The van der Waals surface area contributed by atoms with Crippen molar-refractivity contribution in [2.45, 2.75) is 70.6 Å². The number of carbonyl (C=O) groups is 2. The predicted molar refractivity (Wildman–Crippen MR) is 114 cm³/mol. The summed E-state index contributed by atoms with van der Waals surface area (Å²) < 4.78 is 7.36. The molecule has 2 amide bonds. The van der Waals surface area contributed by atoms with E-state index in [9.17, 15) is 9.59 Å². The van der Waals surface area contributed by atoms with Gasteiger partial charge < -0.3 is 14.5 Å². The molecule has 2 aliphatic heterocycles. The highest BCUT2D eigenvalue weighted by Gasteiger charge is 2.42. The fraction of sp³-hybridized carbons (Fsp3) is 0.591. The Labute approximate surface area is 182 Å². The van der Waals surface area contributed by atoms with Crippen molar-refractivity contribution >= 4 is 12.0 Å². The summed E-state index contributed by atoms with van der Waals surface area (Å²) in [6.45, 7) is 6.94. The zero-order chi connectivity index (χ0) is 22.0. The van der Waals surface area contributed by atoms with Crippen LogP contribution in [0.5, 0.6) is 0 Å². The monoisotopic (exact) mass is 426 g/mol. The highest BCUT2D eigenvalue weighted by atomic mass is 16.6. The average molecular weight is 427 g/mol. The van der Waals surface area contributed by atoms with Crippen LogP contribution in [-0.4, -0.2) is 72.3 Å². The highest BCUT2D eigenvalue weighted by molar-refractivity contribution is 5.92. The number of ether oxygens (including phenoxy) is 1. The van der Waals surface area contributed by atoms with E-state index in [2.05, 4.69) is 15.2 Å². The molecule has 0 spiro atoms. The Balaban J connectivity index is 1.51. The largest absolute Gasteiger partial charge is 0.444 e. The molecule has 166 valence electrons. The van der Waals surface area contributed by atoms with Gasteiger partial charge in [0.2, 0.25) is 0 Å². The summed E-state index contributed by atoms with van der Waals surface area (Å²) in [5, 5.41) is 8.36. The van der Waals surface area contributed by atoms with E-state index in [4.69, 9.17) is 4.74 Å². The van der Waals surface area contributed by atoms with E-state index in [-0.39, 0.29) is 24.1 Å². The molecule has 2 atom stereocenters. The lowest BCUT2D eigenvalue weighted by Gasteiger charge is -2.42. The van der Waals surface area contributed by atoms with Crippen molar-refractivity contribution in [2.75, 3.05) is 13.1 Å². The van der Waals surface area contributed by atoms with E-state index in [1.807, 2.05) is 30.6 Å². The van der Waals surface area contributed by atoms with Crippen molar-refractivity contribution in [3.8, 4) is 5.82 Å². The van der Waals surface area contributed by atoms with Gasteiger partial charge in [0, 0.05) is 25.5 Å². The number of carbonyl (C=O) groups excluding carboxylic acids is 2. The second kappa shape index (κ2) is 8.64. The van der Waals surface area contributed by atoms with Crippen LogP contribution in [0, 0.1) is 0 Å². The Morgan fingerprint density at radius 3 is 2.42 bits per heavy atom. The van der Waals surface area contributed by atoms with Crippen molar-refractivity contribution in [1.29, 1.82) is 0 Å². The summed E-state index contributed by atoms with van der Waals surface area (Å²) in [7, 11) is 0. The zero-order valence-corrected chi connectivity index (χ0v) is 18.4. The van der Waals surface area contributed by atoms with Gasteiger partial charge in [-0.1, -0.05) is 0 Å². The molecule has 0 aromatic carbocycles. The molecule has 2 aromatic rings. The second-order valence-corrected chi connectivity index (χ2v) is 9.19. The summed E-state index contributed by atoms with van der Waals surface area (Å²) in [6.07, 6.45) is 9.43. The van der Waals surface area contributed by atoms with E-state index in [0.29, 0.717) is 24.6 Å². The molecular formula is C22H30N6O3. The lowest BCUT2D eigenvalue weighted by Crippen LogP contribution is -2.55. The molecule has 4 heterocycles. The SMILES string of the molecule is CC(C)(C)OC(=O)N1CCCC1C1CCCCN1C(=O)c1ccc(-n2ccnc2)nn1. The molecule has 4 rings (SSSR count). The molecule has 2 fully saturated rings. The molecule has 2 aromatic heterocycles. The molecule has 9 nitrogen and oxygen atoms in total. The molecule has 0 N–H and O–H groups in total. The predicted octanol–water partition coefficient (Wildman–Crippen LogP) is 3.06. The highest BCUT2D eigenvalue weighted by Crippen LogP contribution is 2.31. The minimum absolute atomic E-state index is 0.0303. The molecule has 2 saturated heterocycles. The number of likely N-dealkylation sites (tertiary alicyclic amines) is 2. The fourth-order valence-corrected chi connectivity index (χ4v) is 4.47. The average Bonchev–Trinajstić information content (AvgIpc) is 3.44. The maximum Gasteiger partial charge on any atom is 0.410 e. The molecule has 0 bridgehead atoms. The van der Waals surface area contributed by atoms with Gasteiger partial charge in [0.15, 0.2) is 11.5 Å². The number of imidazole rings is 1. The van der Waals surface area contributed by atoms with Crippen LogP contribution in [0.4, 0.5) is 4.79 Å². The van der Waals surface area contributed by atoms with E-state index < -0.39 is 5.60 Å². The molecule has 0 radical (unpaired) electrons. The minimum atomic E-state index is -0.543. The lowest BCUT2D eigenvalue weighted by atomic mass is 9.93. The van der Waals surface area contributed by atoms with Crippen LogP contribution < -0.4 is 0 Å². The summed E-state index contributed by atoms with van der Waals surface area (Å²) in [5.74, 6) is 0.474. The van der Waals surface area contributed by atoms with Crippen LogP contribution >= 0.6 is 0 Å². The van der Waals surface area contributed by atoms with Gasteiger partial charge in [0.1, 0.15) is 11.9 Å². The Morgan fingerprint density at radius 1 is 1.00 bits per heavy atom. The van der Waals surface area contributed by atoms with Crippen molar-refractivity contribution in [3.63, 3.8) is 0 Å². The first-order valence-electron chi connectivity index (χ1n) is 11.0. The Kier molecular flexibility index (Phi) is 5.93. The van der Waals surface area contributed by atoms with Gasteiger partial charge in [0.25, 0.3) is 5.91 Å². The molecule has 0 saturated carbocycles. The standard InChI is InChI=1S/C22H30N6O3/c1-22(2,3)31-21(30)28-13-6-8-18(28)17-7-4-5-12-27(17)20(29)16-9-10-19(25-24-16)26-14-11-23-15-26/h9-11,14-15,17-18H,4-8,12-13H2,1-3H3. The molecule has 0 aliphatic carbocycles. The fourth-order valence-electron chi connectivity index (χ4n) is 4.47. The maximum atomic E-state index is 13.3. The van der Waals surface area contributed by atoms with Gasteiger partial charge in [0.05, 0.1) is 12.1 Å². The van der Waals surface area contributed by atoms with Crippen molar-refractivity contribution < 1.29 is 14.3 Å². The normalized spacial score (nSPS) is 21.9. The second-order valence-electron chi connectivity index (χ2n) is 9.19. The Hall–Kier alpha value is -2.97. The first kappa shape index (κ1) is 21.3. The van der Waals surface area contributed by atoms with Crippen LogP contribution in [0.2, 0.25) is 0 Å². The molecule has 2 unspecified atom stereocenters. The van der Waals surface area contributed by atoms with E-state index in [1.54, 1.807) is 35.4 Å². The quantitative estimate of drug-likeness (QED) is 0.749. The van der Waals surface area contributed by atoms with Crippen molar-refractivity contribution in [3.05, 3.63) is 36.5 Å². The van der Waals surface area contributed by atoms with E-state index >= 15 is 0 Å². The zero-order valence-electron chi connectivity index (χ0n) is 18.4. The number of hydrogen-bond acceptors (Lipinski definition) is 6. The van der Waals surface area contributed by atoms with Crippen LogP contribution in [0.1, 0.15) is 63.4 Å². The summed E-state index contributed by atoms with van der Waals surface area (Å²) >= 11 is 0. The van der Waals surface area contributed by atoms with Crippen molar-refractivity contribution in [1.82, 2.24) is 29.5 Å². The first-order valence-corrected chi connectivity index (χ1v) is 11.0. The third kappa shape index (κ3) is 4.70. The third-order valence-electron chi connectivity index (χ3n) is 5.82. The summed E-state index contributed by atoms with van der Waals surface area (Å²) in [4.78, 5) is 33.8. The Bertz CT molecular complexity index is 906. The van der Waals surface area contributed by atoms with Gasteiger partial charge in [-0.2, -0.15) is 0 Å². The van der Waals surface area contributed by atoms with Crippen LogP contribution in [0.15, 0.2) is 30.9 Å². The van der Waals surface area contributed by atoms with Crippen molar-refractivity contribution in [2.24, 2.45) is 0 Å². The number of rotatable bonds is 3. The van der Waals surface area contributed by atoms with Gasteiger partial charge in [-0.3, -0.25) is 9.36 Å². The van der Waals surface area contributed by atoms with E-state index in [1.165, 1.54) is 0 Å². The smallest absolute Gasteiger partial charge is 0.410 e. The molecule has 9 heteroatoms. The molecular weight excluding hydrogens is 396 g/mol. The van der Waals surface area contributed by atoms with Gasteiger partial charge >= 0.3 is 6.09 Å². The van der Waals surface area contributed by atoms with Gasteiger partial charge in [-0.25, -0.2) is 9.78 Å². The number of aromatic nitrogens is 4.